The van der Waals surface area contributed by atoms with Gasteiger partial charge in [-0.3, -0.25) is 19.3 Å². The molecule has 1 fully saturated rings. The fourth-order valence-corrected chi connectivity index (χ4v) is 2.97. The Morgan fingerprint density at radius 1 is 1.18 bits per heavy atom. The van der Waals surface area contributed by atoms with Gasteiger partial charge in [-0.1, -0.05) is 6.07 Å². The Bertz CT molecular complexity index is 848. The van der Waals surface area contributed by atoms with Gasteiger partial charge in [-0.25, -0.2) is 0 Å². The van der Waals surface area contributed by atoms with Gasteiger partial charge in [0.2, 0.25) is 0 Å². The number of carbonyl (C=O) groups is 3. The van der Waals surface area contributed by atoms with Crippen molar-refractivity contribution in [3.05, 3.63) is 35.5 Å². The Morgan fingerprint density at radius 3 is 2.39 bits per heavy atom. The highest BCUT2D eigenvalue weighted by Gasteiger charge is 2.51. The first-order chi connectivity index (χ1) is 13.1. The molecule has 1 aromatic rings. The van der Waals surface area contributed by atoms with Crippen molar-refractivity contribution in [3.63, 3.8) is 0 Å². The molecule has 28 heavy (non-hydrogen) atoms. The number of β-amino-alcohol motifs (C(OH)–C–C–N with tert-alkyl or cyclic N) is 1. The SMILES string of the molecule is CC1(C)OB(c2ccc(NC3=CC(=O)N(CCO)C3=O)c(C=O)c2)OC1(C)C. The maximum atomic E-state index is 12.3. The van der Waals surface area contributed by atoms with Crippen LogP contribution in [0.5, 0.6) is 0 Å². The van der Waals surface area contributed by atoms with Crippen LogP contribution in [0, 0.1) is 0 Å². The average Bonchev–Trinajstić information content (AvgIpc) is 3.01. The fourth-order valence-electron chi connectivity index (χ4n) is 2.97. The van der Waals surface area contributed by atoms with E-state index >= 15 is 0 Å². The summed E-state index contributed by atoms with van der Waals surface area (Å²) in [6, 6.07) is 5.01. The summed E-state index contributed by atoms with van der Waals surface area (Å²) >= 11 is 0. The average molecular weight is 386 g/mol. The third-order valence-electron chi connectivity index (χ3n) is 5.33. The molecule has 2 heterocycles. The number of aliphatic hydroxyl groups is 1. The lowest BCUT2D eigenvalue weighted by Crippen LogP contribution is -2.41. The van der Waals surface area contributed by atoms with Gasteiger partial charge in [0.15, 0.2) is 6.29 Å². The number of aldehydes is 1. The van der Waals surface area contributed by atoms with E-state index < -0.39 is 30.1 Å². The number of rotatable bonds is 6. The Kier molecular flexibility index (Phi) is 5.18. The zero-order chi connectivity index (χ0) is 20.7. The first kappa shape index (κ1) is 20.3. The van der Waals surface area contributed by atoms with E-state index in [0.29, 0.717) is 23.0 Å². The van der Waals surface area contributed by atoms with Crippen LogP contribution in [0.15, 0.2) is 30.0 Å². The van der Waals surface area contributed by atoms with Gasteiger partial charge < -0.3 is 19.7 Å². The second kappa shape index (κ2) is 7.16. The predicted octanol–water partition coefficient (Wildman–Crippen LogP) is 0.455. The number of anilines is 1. The minimum atomic E-state index is -0.619. The van der Waals surface area contributed by atoms with Gasteiger partial charge in [0.05, 0.1) is 24.4 Å². The minimum Gasteiger partial charge on any atom is -0.399 e. The molecule has 0 bridgehead atoms. The minimum absolute atomic E-state index is 0.0462. The first-order valence-electron chi connectivity index (χ1n) is 9.00. The molecule has 148 valence electrons. The van der Waals surface area contributed by atoms with E-state index in [1.54, 1.807) is 18.2 Å². The quantitative estimate of drug-likeness (QED) is 0.416. The van der Waals surface area contributed by atoms with Gasteiger partial charge >= 0.3 is 7.12 Å². The molecular formula is C19H23BN2O6. The summed E-state index contributed by atoms with van der Waals surface area (Å²) < 4.78 is 12.0. The fraction of sp³-hybridized carbons (Fsp3) is 0.421. The smallest absolute Gasteiger partial charge is 0.399 e. The summed E-state index contributed by atoms with van der Waals surface area (Å²) in [7, 11) is -0.619. The van der Waals surface area contributed by atoms with Crippen LogP contribution in [0.3, 0.4) is 0 Å². The molecule has 0 radical (unpaired) electrons. The van der Waals surface area contributed by atoms with E-state index in [0.717, 1.165) is 11.0 Å². The Morgan fingerprint density at radius 2 is 1.82 bits per heavy atom. The van der Waals surface area contributed by atoms with E-state index in [4.69, 9.17) is 14.4 Å². The lowest BCUT2D eigenvalue weighted by Gasteiger charge is -2.32. The van der Waals surface area contributed by atoms with Gasteiger partial charge in [-0.15, -0.1) is 0 Å². The zero-order valence-corrected chi connectivity index (χ0v) is 16.3. The molecular weight excluding hydrogens is 363 g/mol. The number of carbonyl (C=O) groups excluding carboxylic acids is 3. The first-order valence-corrected chi connectivity index (χ1v) is 9.00. The molecule has 2 aliphatic heterocycles. The van der Waals surface area contributed by atoms with Crippen LogP contribution in [0.25, 0.3) is 0 Å². The summed E-state index contributed by atoms with van der Waals surface area (Å²) in [5.74, 6) is -1.06. The van der Waals surface area contributed by atoms with E-state index in [-0.39, 0.29) is 18.8 Å². The number of benzene rings is 1. The van der Waals surface area contributed by atoms with Crippen LogP contribution in [0.1, 0.15) is 38.1 Å². The maximum Gasteiger partial charge on any atom is 0.494 e. The van der Waals surface area contributed by atoms with Crippen molar-refractivity contribution in [2.45, 2.75) is 38.9 Å². The Balaban J connectivity index is 1.82. The summed E-state index contributed by atoms with van der Waals surface area (Å²) in [6.45, 7) is 7.36. The second-order valence-electron chi connectivity index (χ2n) is 7.75. The highest BCUT2D eigenvalue weighted by Crippen LogP contribution is 2.36. The number of imide groups is 1. The maximum absolute atomic E-state index is 12.3. The number of aliphatic hydroxyl groups excluding tert-OH is 1. The molecule has 0 saturated carbocycles. The molecule has 0 atom stereocenters. The van der Waals surface area contributed by atoms with Gasteiger partial charge in [0.25, 0.3) is 11.8 Å². The van der Waals surface area contributed by atoms with Gasteiger partial charge in [0.1, 0.15) is 5.70 Å². The highest BCUT2D eigenvalue weighted by molar-refractivity contribution is 6.62. The zero-order valence-electron chi connectivity index (χ0n) is 16.3. The molecule has 0 aliphatic carbocycles. The molecule has 1 aromatic carbocycles. The van der Waals surface area contributed by atoms with Crippen LogP contribution in [-0.4, -0.2) is 59.6 Å². The molecule has 1 saturated heterocycles. The van der Waals surface area contributed by atoms with Crippen molar-refractivity contribution in [1.29, 1.82) is 0 Å². The van der Waals surface area contributed by atoms with Crippen molar-refractivity contribution in [1.82, 2.24) is 4.90 Å². The predicted molar refractivity (Wildman–Crippen MR) is 103 cm³/mol. The van der Waals surface area contributed by atoms with Crippen molar-refractivity contribution >= 4 is 36.4 Å². The number of nitrogens with zero attached hydrogens (tertiary/aromatic N) is 1. The number of nitrogens with one attached hydrogen (secondary N) is 1. The normalized spacial score (nSPS) is 20.5. The molecule has 0 spiro atoms. The third-order valence-corrected chi connectivity index (χ3v) is 5.33. The third kappa shape index (κ3) is 3.48. The van der Waals surface area contributed by atoms with E-state index in [1.165, 1.54) is 0 Å². The van der Waals surface area contributed by atoms with Gasteiger partial charge in [-0.05, 0) is 45.3 Å². The topological polar surface area (TPSA) is 105 Å². The van der Waals surface area contributed by atoms with Crippen LogP contribution in [0.4, 0.5) is 5.69 Å². The summed E-state index contributed by atoms with van der Waals surface area (Å²) in [5.41, 5.74) is 0.393. The molecule has 2 aliphatic rings. The van der Waals surface area contributed by atoms with Crippen LogP contribution < -0.4 is 10.8 Å². The largest absolute Gasteiger partial charge is 0.494 e. The van der Waals surface area contributed by atoms with Crippen LogP contribution in [0.2, 0.25) is 0 Å². The summed E-state index contributed by atoms with van der Waals surface area (Å²) in [6.07, 6.45) is 1.80. The summed E-state index contributed by atoms with van der Waals surface area (Å²) in [4.78, 5) is 36.6. The van der Waals surface area contributed by atoms with E-state index in [1.807, 2.05) is 27.7 Å². The Labute approximate surface area is 163 Å². The highest BCUT2D eigenvalue weighted by atomic mass is 16.7. The second-order valence-corrected chi connectivity index (χ2v) is 7.75. The standard InChI is InChI=1S/C19H23BN2O6/c1-18(2)19(3,4)28-20(27-18)13-5-6-14(12(9-13)11-24)21-15-10-16(25)22(7-8-23)17(15)26/h5-6,9-11,21,23H,7-8H2,1-4H3. The molecule has 3 rings (SSSR count). The number of hydrogen-bond donors (Lipinski definition) is 2. The van der Waals surface area contributed by atoms with Crippen LogP contribution >= 0.6 is 0 Å². The van der Waals surface area contributed by atoms with Crippen molar-refractivity contribution < 1.29 is 28.8 Å². The van der Waals surface area contributed by atoms with Gasteiger partial charge in [-0.2, -0.15) is 0 Å². The monoisotopic (exact) mass is 386 g/mol. The number of amides is 2. The molecule has 2 N–H and O–H groups in total. The van der Waals surface area contributed by atoms with E-state index in [2.05, 4.69) is 5.32 Å². The summed E-state index contributed by atoms with van der Waals surface area (Å²) in [5, 5.41) is 11.8. The number of hydrogen-bond acceptors (Lipinski definition) is 7. The lowest BCUT2D eigenvalue weighted by atomic mass is 9.78. The molecule has 2 amide bonds. The molecule has 9 heteroatoms. The van der Waals surface area contributed by atoms with E-state index in [9.17, 15) is 14.4 Å². The Hall–Kier alpha value is -2.49. The van der Waals surface area contributed by atoms with Crippen molar-refractivity contribution in [2.24, 2.45) is 0 Å². The molecule has 8 nitrogen and oxygen atoms in total. The molecule has 0 aromatic heterocycles. The van der Waals surface area contributed by atoms with Gasteiger partial charge in [0, 0.05) is 17.3 Å². The molecule has 0 unspecified atom stereocenters. The van der Waals surface area contributed by atoms with Crippen LogP contribution in [-0.2, 0) is 18.9 Å². The van der Waals surface area contributed by atoms with Crippen molar-refractivity contribution in [2.75, 3.05) is 18.5 Å². The van der Waals surface area contributed by atoms with Crippen molar-refractivity contribution in [3.8, 4) is 0 Å². The lowest BCUT2D eigenvalue weighted by molar-refractivity contribution is -0.137.